The highest BCUT2D eigenvalue weighted by atomic mass is 16.5. The van der Waals surface area contributed by atoms with Crippen molar-refractivity contribution in [1.82, 2.24) is 19.7 Å². The molecule has 1 aliphatic rings. The molecule has 8 heteroatoms. The first-order chi connectivity index (χ1) is 12.6. The van der Waals surface area contributed by atoms with Gasteiger partial charge < -0.3 is 14.7 Å². The fraction of sp³-hybridized carbons (Fsp3) is 0.222. The van der Waals surface area contributed by atoms with E-state index in [9.17, 15) is 4.79 Å². The molecule has 3 heterocycles. The zero-order valence-electron chi connectivity index (χ0n) is 14.2. The summed E-state index contributed by atoms with van der Waals surface area (Å²) in [7, 11) is 1.63. The number of methoxy groups -OCH3 is 1. The Morgan fingerprint density at radius 3 is 2.73 bits per heavy atom. The van der Waals surface area contributed by atoms with Crippen LogP contribution in [0.25, 0.3) is 11.3 Å². The van der Waals surface area contributed by atoms with Gasteiger partial charge in [0.15, 0.2) is 5.69 Å². The van der Waals surface area contributed by atoms with Crippen molar-refractivity contribution in [1.29, 1.82) is 0 Å². The molecule has 132 valence electrons. The quantitative estimate of drug-likeness (QED) is 0.769. The van der Waals surface area contributed by atoms with Crippen LogP contribution in [-0.4, -0.2) is 44.5 Å². The van der Waals surface area contributed by atoms with E-state index < -0.39 is 5.97 Å². The molecule has 0 saturated heterocycles. The van der Waals surface area contributed by atoms with Crippen molar-refractivity contribution in [2.45, 2.75) is 13.1 Å². The van der Waals surface area contributed by atoms with Crippen molar-refractivity contribution in [3.8, 4) is 17.0 Å². The Bertz CT molecular complexity index is 952. The highest BCUT2D eigenvalue weighted by Gasteiger charge is 2.22. The third-order valence-corrected chi connectivity index (χ3v) is 4.33. The van der Waals surface area contributed by atoms with Gasteiger partial charge in [0.25, 0.3) is 0 Å². The molecule has 0 atom stereocenters. The Morgan fingerprint density at radius 2 is 2.00 bits per heavy atom. The van der Waals surface area contributed by atoms with E-state index in [0.717, 1.165) is 22.7 Å². The average Bonchev–Trinajstić information content (AvgIpc) is 3.12. The number of carbonyl (C=O) groups is 1. The van der Waals surface area contributed by atoms with Crippen LogP contribution in [0.4, 0.5) is 5.95 Å². The summed E-state index contributed by atoms with van der Waals surface area (Å²) < 4.78 is 6.91. The lowest BCUT2D eigenvalue weighted by Gasteiger charge is -2.27. The highest BCUT2D eigenvalue weighted by Crippen LogP contribution is 2.24. The molecule has 0 aliphatic carbocycles. The van der Waals surface area contributed by atoms with Crippen molar-refractivity contribution < 1.29 is 14.6 Å². The van der Waals surface area contributed by atoms with Crippen LogP contribution in [0, 0.1) is 0 Å². The number of aromatic nitrogens is 4. The van der Waals surface area contributed by atoms with E-state index in [0.29, 0.717) is 25.6 Å². The first kappa shape index (κ1) is 16.1. The second kappa shape index (κ2) is 6.47. The number of carboxylic acids is 1. The number of ether oxygens (including phenoxy) is 1. The average molecular weight is 351 g/mol. The topological polar surface area (TPSA) is 93.4 Å². The first-order valence-electron chi connectivity index (χ1n) is 8.16. The fourth-order valence-electron chi connectivity index (χ4n) is 2.96. The van der Waals surface area contributed by atoms with Crippen LogP contribution in [0.2, 0.25) is 0 Å². The van der Waals surface area contributed by atoms with Crippen LogP contribution < -0.4 is 9.64 Å². The first-order valence-corrected chi connectivity index (χ1v) is 8.16. The minimum absolute atomic E-state index is 0.0646. The van der Waals surface area contributed by atoms with Crippen LogP contribution in [-0.2, 0) is 13.1 Å². The van der Waals surface area contributed by atoms with Crippen LogP contribution in [0.15, 0.2) is 42.6 Å². The van der Waals surface area contributed by atoms with E-state index in [1.807, 2.05) is 35.2 Å². The summed E-state index contributed by atoms with van der Waals surface area (Å²) in [4.78, 5) is 22.2. The van der Waals surface area contributed by atoms with Gasteiger partial charge in [-0.1, -0.05) is 0 Å². The number of anilines is 1. The van der Waals surface area contributed by atoms with E-state index in [2.05, 4.69) is 15.1 Å². The Morgan fingerprint density at radius 1 is 1.19 bits per heavy atom. The lowest BCUT2D eigenvalue weighted by atomic mass is 10.1. The van der Waals surface area contributed by atoms with E-state index in [4.69, 9.17) is 9.84 Å². The monoisotopic (exact) mass is 351 g/mol. The van der Waals surface area contributed by atoms with Crippen LogP contribution in [0.1, 0.15) is 16.2 Å². The van der Waals surface area contributed by atoms with Crippen LogP contribution >= 0.6 is 0 Å². The normalized spacial score (nSPS) is 13.3. The summed E-state index contributed by atoms with van der Waals surface area (Å²) in [6.07, 6.45) is 1.73. The van der Waals surface area contributed by atoms with E-state index in [-0.39, 0.29) is 5.69 Å². The van der Waals surface area contributed by atoms with Gasteiger partial charge in [0.2, 0.25) is 5.95 Å². The second-order valence-corrected chi connectivity index (χ2v) is 5.94. The zero-order chi connectivity index (χ0) is 18.1. The number of hydrogen-bond donors (Lipinski definition) is 1. The highest BCUT2D eigenvalue weighted by molar-refractivity contribution is 5.85. The van der Waals surface area contributed by atoms with Gasteiger partial charge >= 0.3 is 5.97 Å². The van der Waals surface area contributed by atoms with E-state index >= 15 is 0 Å². The van der Waals surface area contributed by atoms with Gasteiger partial charge in [0, 0.05) is 18.3 Å². The predicted molar refractivity (Wildman–Crippen MR) is 94.3 cm³/mol. The molecule has 8 nitrogen and oxygen atoms in total. The number of benzene rings is 1. The number of aromatic carboxylic acids is 1. The molecule has 4 rings (SSSR count). The summed E-state index contributed by atoms with van der Waals surface area (Å²) in [5.74, 6) is 0.389. The summed E-state index contributed by atoms with van der Waals surface area (Å²) >= 11 is 0. The molecular formula is C18H17N5O3. The summed E-state index contributed by atoms with van der Waals surface area (Å²) in [5.41, 5.74) is 2.70. The molecule has 2 aromatic heterocycles. The van der Waals surface area contributed by atoms with Crippen LogP contribution in [0.3, 0.4) is 0 Å². The van der Waals surface area contributed by atoms with Crippen molar-refractivity contribution in [3.05, 3.63) is 54.0 Å². The zero-order valence-corrected chi connectivity index (χ0v) is 14.2. The van der Waals surface area contributed by atoms with Gasteiger partial charge in [-0.15, -0.1) is 0 Å². The SMILES string of the molecule is COc1ccc(-c2ccnc(N3CCn4nc(C(=O)O)cc4C3)n2)cc1. The number of nitrogens with zero attached hydrogens (tertiary/aromatic N) is 5. The fourth-order valence-corrected chi connectivity index (χ4v) is 2.96. The number of carboxylic acid groups (broad SMARTS) is 1. The molecule has 1 aromatic carbocycles. The molecule has 1 N–H and O–H groups in total. The predicted octanol–water partition coefficient (Wildman–Crippen LogP) is 2.07. The van der Waals surface area contributed by atoms with Crippen molar-refractivity contribution in [2.75, 3.05) is 18.6 Å². The molecule has 1 aliphatic heterocycles. The summed E-state index contributed by atoms with van der Waals surface area (Å²) in [6, 6.07) is 11.2. The smallest absolute Gasteiger partial charge is 0.356 e. The Balaban J connectivity index is 1.59. The maximum atomic E-state index is 11.1. The minimum atomic E-state index is -1.02. The third-order valence-electron chi connectivity index (χ3n) is 4.33. The van der Waals surface area contributed by atoms with Gasteiger partial charge in [-0.2, -0.15) is 5.10 Å². The van der Waals surface area contributed by atoms with Crippen molar-refractivity contribution >= 4 is 11.9 Å². The van der Waals surface area contributed by atoms with E-state index in [1.165, 1.54) is 0 Å². The Kier molecular flexibility index (Phi) is 4.00. The van der Waals surface area contributed by atoms with E-state index in [1.54, 1.807) is 24.1 Å². The largest absolute Gasteiger partial charge is 0.497 e. The van der Waals surface area contributed by atoms with Gasteiger partial charge in [-0.05, 0) is 36.4 Å². The molecule has 0 spiro atoms. The standard InChI is InChI=1S/C18H17N5O3/c1-26-14-4-2-12(3-5-14)15-6-7-19-18(20-15)22-8-9-23-13(11-22)10-16(21-23)17(24)25/h2-7,10H,8-9,11H2,1H3,(H,24,25). The van der Waals surface area contributed by atoms with Gasteiger partial charge in [0.1, 0.15) is 5.75 Å². The lowest BCUT2D eigenvalue weighted by Crippen LogP contribution is -2.35. The maximum absolute atomic E-state index is 11.1. The van der Waals surface area contributed by atoms with Crippen LogP contribution in [0.5, 0.6) is 5.75 Å². The van der Waals surface area contributed by atoms with Gasteiger partial charge in [-0.3, -0.25) is 4.68 Å². The molecule has 0 fully saturated rings. The number of hydrogen-bond acceptors (Lipinski definition) is 6. The third kappa shape index (κ3) is 2.97. The molecule has 0 radical (unpaired) electrons. The molecule has 3 aromatic rings. The second-order valence-electron chi connectivity index (χ2n) is 5.94. The lowest BCUT2D eigenvalue weighted by molar-refractivity contribution is 0.0689. The van der Waals surface area contributed by atoms with Crippen molar-refractivity contribution in [3.63, 3.8) is 0 Å². The Labute approximate surface area is 149 Å². The number of rotatable bonds is 4. The summed E-state index contributed by atoms with van der Waals surface area (Å²) in [5, 5.41) is 13.2. The minimum Gasteiger partial charge on any atom is -0.497 e. The number of fused-ring (bicyclic) bond motifs is 1. The van der Waals surface area contributed by atoms with Gasteiger partial charge in [-0.25, -0.2) is 14.8 Å². The Hall–Kier alpha value is -3.42. The molecule has 0 saturated carbocycles. The molecule has 26 heavy (non-hydrogen) atoms. The van der Waals surface area contributed by atoms with Gasteiger partial charge in [0.05, 0.1) is 31.6 Å². The van der Waals surface area contributed by atoms with Crippen molar-refractivity contribution in [2.24, 2.45) is 0 Å². The molecule has 0 amide bonds. The molecule has 0 unspecified atom stereocenters. The maximum Gasteiger partial charge on any atom is 0.356 e. The molecular weight excluding hydrogens is 334 g/mol. The molecule has 0 bridgehead atoms. The summed E-state index contributed by atoms with van der Waals surface area (Å²) in [6.45, 7) is 1.78.